The van der Waals surface area contributed by atoms with Crippen LogP contribution in [0.2, 0.25) is 0 Å². The number of halogens is 2. The lowest BCUT2D eigenvalue weighted by molar-refractivity contribution is -0.137. The van der Waals surface area contributed by atoms with E-state index in [1.807, 2.05) is 0 Å². The molecule has 0 radical (unpaired) electrons. The Bertz CT molecular complexity index is 383. The fraction of sp³-hybridized carbons (Fsp3) is 0.364. The molecule has 2 nitrogen and oxygen atoms in total. The molecule has 0 heterocycles. The van der Waals surface area contributed by atoms with Crippen LogP contribution in [-0.2, 0) is 4.79 Å². The van der Waals surface area contributed by atoms with E-state index in [0.29, 0.717) is 12.0 Å². The average Bonchev–Trinajstić information content (AvgIpc) is 2.80. The predicted octanol–water partition coefficient (Wildman–Crippen LogP) is 2.54. The second kappa shape index (κ2) is 3.61. The van der Waals surface area contributed by atoms with Gasteiger partial charge in [-0.3, -0.25) is 4.79 Å². The van der Waals surface area contributed by atoms with Crippen LogP contribution in [0.4, 0.5) is 8.78 Å². The van der Waals surface area contributed by atoms with Gasteiger partial charge in [-0.25, -0.2) is 8.78 Å². The van der Waals surface area contributed by atoms with E-state index in [1.54, 1.807) is 0 Å². The number of aliphatic carboxylic acids is 1. The van der Waals surface area contributed by atoms with Gasteiger partial charge in [0.1, 0.15) is 11.6 Å². The van der Waals surface area contributed by atoms with Gasteiger partial charge >= 0.3 is 5.97 Å². The number of hydrogen-bond acceptors (Lipinski definition) is 1. The maximum Gasteiger partial charge on any atom is 0.303 e. The monoisotopic (exact) mass is 212 g/mol. The van der Waals surface area contributed by atoms with Gasteiger partial charge in [0.2, 0.25) is 0 Å². The summed E-state index contributed by atoms with van der Waals surface area (Å²) in [7, 11) is 0. The Kier molecular flexibility index (Phi) is 2.42. The summed E-state index contributed by atoms with van der Waals surface area (Å²) >= 11 is 0. The van der Waals surface area contributed by atoms with E-state index >= 15 is 0 Å². The first-order valence-corrected chi connectivity index (χ1v) is 4.74. The molecule has 1 aliphatic carbocycles. The van der Waals surface area contributed by atoms with Crippen LogP contribution in [0, 0.1) is 17.6 Å². The molecule has 15 heavy (non-hydrogen) atoms. The Morgan fingerprint density at radius 2 is 1.93 bits per heavy atom. The molecule has 1 fully saturated rings. The van der Waals surface area contributed by atoms with Gasteiger partial charge in [-0.1, -0.05) is 0 Å². The van der Waals surface area contributed by atoms with Crippen molar-refractivity contribution in [2.24, 2.45) is 5.92 Å². The standard InChI is InChI=1S/C11H10F2O2/c12-8-1-6(2-9(13)5-8)10-3-7(10)4-11(14)15/h1-2,5,7,10H,3-4H2,(H,14,15)/t7-,10-/m0/s1. The van der Waals surface area contributed by atoms with Crippen molar-refractivity contribution in [3.8, 4) is 0 Å². The highest BCUT2D eigenvalue weighted by Crippen LogP contribution is 2.49. The highest BCUT2D eigenvalue weighted by molar-refractivity contribution is 5.67. The number of rotatable bonds is 3. The minimum atomic E-state index is -0.862. The van der Waals surface area contributed by atoms with Crippen LogP contribution in [0.15, 0.2) is 18.2 Å². The summed E-state index contributed by atoms with van der Waals surface area (Å²) < 4.78 is 25.7. The molecule has 0 spiro atoms. The van der Waals surface area contributed by atoms with Crippen LogP contribution in [0.5, 0.6) is 0 Å². The fourth-order valence-electron chi connectivity index (χ4n) is 1.89. The lowest BCUT2D eigenvalue weighted by atomic mass is 10.1. The average molecular weight is 212 g/mol. The molecule has 1 aromatic carbocycles. The topological polar surface area (TPSA) is 37.3 Å². The van der Waals surface area contributed by atoms with Crippen molar-refractivity contribution in [3.05, 3.63) is 35.4 Å². The van der Waals surface area contributed by atoms with E-state index in [-0.39, 0.29) is 18.3 Å². The van der Waals surface area contributed by atoms with Gasteiger partial charge in [-0.15, -0.1) is 0 Å². The van der Waals surface area contributed by atoms with E-state index in [2.05, 4.69) is 0 Å². The SMILES string of the molecule is O=C(O)C[C@@H]1C[C@H]1c1cc(F)cc(F)c1. The minimum Gasteiger partial charge on any atom is -0.481 e. The van der Waals surface area contributed by atoms with Gasteiger partial charge in [0.05, 0.1) is 0 Å². The Hall–Kier alpha value is -1.45. The molecular formula is C11H10F2O2. The normalized spacial score (nSPS) is 23.9. The molecule has 80 valence electrons. The molecule has 4 heteroatoms. The molecule has 0 aliphatic heterocycles. The van der Waals surface area contributed by atoms with E-state index < -0.39 is 17.6 Å². The van der Waals surface area contributed by atoms with Crippen LogP contribution in [0.3, 0.4) is 0 Å². The molecule has 0 aromatic heterocycles. The Balaban J connectivity index is 2.09. The molecule has 2 rings (SSSR count). The number of benzene rings is 1. The second-order valence-electron chi connectivity index (χ2n) is 3.90. The van der Waals surface area contributed by atoms with Gasteiger partial charge in [-0.2, -0.15) is 0 Å². The largest absolute Gasteiger partial charge is 0.481 e. The van der Waals surface area contributed by atoms with Crippen molar-refractivity contribution in [3.63, 3.8) is 0 Å². The number of carboxylic acid groups (broad SMARTS) is 1. The number of hydrogen-bond donors (Lipinski definition) is 1. The van der Waals surface area contributed by atoms with E-state index in [9.17, 15) is 13.6 Å². The van der Waals surface area contributed by atoms with Gasteiger partial charge in [-0.05, 0) is 36.0 Å². The lowest BCUT2D eigenvalue weighted by Gasteiger charge is -2.00. The Labute approximate surface area is 85.5 Å². The molecule has 1 N–H and O–H groups in total. The minimum absolute atomic E-state index is 0.00583. The van der Waals surface area contributed by atoms with Gasteiger partial charge in [0.15, 0.2) is 0 Å². The molecular weight excluding hydrogens is 202 g/mol. The number of carboxylic acids is 1. The third-order valence-electron chi connectivity index (χ3n) is 2.67. The second-order valence-corrected chi connectivity index (χ2v) is 3.90. The first kappa shape index (κ1) is 10.1. The molecule has 0 saturated heterocycles. The van der Waals surface area contributed by atoms with Crippen LogP contribution in [0.1, 0.15) is 24.3 Å². The molecule has 1 saturated carbocycles. The highest BCUT2D eigenvalue weighted by atomic mass is 19.1. The van der Waals surface area contributed by atoms with Crippen molar-refractivity contribution in [1.29, 1.82) is 0 Å². The summed E-state index contributed by atoms with van der Waals surface area (Å²) in [6, 6.07) is 3.36. The summed E-state index contributed by atoms with van der Waals surface area (Å²) in [6.07, 6.45) is 0.776. The summed E-state index contributed by atoms with van der Waals surface area (Å²) in [5.41, 5.74) is 0.568. The third kappa shape index (κ3) is 2.32. The maximum absolute atomic E-state index is 12.8. The molecule has 0 bridgehead atoms. The van der Waals surface area contributed by atoms with Crippen molar-refractivity contribution in [2.45, 2.75) is 18.8 Å². The van der Waals surface area contributed by atoms with E-state index in [4.69, 9.17) is 5.11 Å². The van der Waals surface area contributed by atoms with Crippen molar-refractivity contribution < 1.29 is 18.7 Å². The van der Waals surface area contributed by atoms with Crippen LogP contribution in [0.25, 0.3) is 0 Å². The van der Waals surface area contributed by atoms with Crippen LogP contribution >= 0.6 is 0 Å². The third-order valence-corrected chi connectivity index (χ3v) is 2.67. The van der Waals surface area contributed by atoms with E-state index in [0.717, 1.165) is 6.07 Å². The lowest BCUT2D eigenvalue weighted by Crippen LogP contribution is -1.97. The maximum atomic E-state index is 12.8. The van der Waals surface area contributed by atoms with Gasteiger partial charge in [0, 0.05) is 12.5 Å². The Morgan fingerprint density at radius 1 is 1.33 bits per heavy atom. The molecule has 0 amide bonds. The summed E-state index contributed by atoms with van der Waals surface area (Å²) in [6.45, 7) is 0. The molecule has 2 atom stereocenters. The predicted molar refractivity (Wildman–Crippen MR) is 49.5 cm³/mol. The zero-order chi connectivity index (χ0) is 11.0. The van der Waals surface area contributed by atoms with E-state index in [1.165, 1.54) is 12.1 Å². The van der Waals surface area contributed by atoms with Gasteiger partial charge in [0.25, 0.3) is 0 Å². The first-order chi connectivity index (χ1) is 7.06. The summed E-state index contributed by atoms with van der Waals surface area (Å²) in [5.74, 6) is -2.04. The smallest absolute Gasteiger partial charge is 0.303 e. The quantitative estimate of drug-likeness (QED) is 0.835. The fourth-order valence-corrected chi connectivity index (χ4v) is 1.89. The van der Waals surface area contributed by atoms with Crippen molar-refractivity contribution >= 4 is 5.97 Å². The number of carbonyl (C=O) groups is 1. The highest BCUT2D eigenvalue weighted by Gasteiger charge is 2.39. The summed E-state index contributed by atoms with van der Waals surface area (Å²) in [4.78, 5) is 10.4. The zero-order valence-corrected chi connectivity index (χ0v) is 7.91. The Morgan fingerprint density at radius 3 is 2.47 bits per heavy atom. The van der Waals surface area contributed by atoms with Crippen LogP contribution in [-0.4, -0.2) is 11.1 Å². The van der Waals surface area contributed by atoms with Crippen molar-refractivity contribution in [2.75, 3.05) is 0 Å². The molecule has 1 aromatic rings. The first-order valence-electron chi connectivity index (χ1n) is 4.74. The molecule has 1 aliphatic rings. The molecule has 0 unspecified atom stereocenters. The summed E-state index contributed by atoms with van der Waals surface area (Å²) in [5, 5.41) is 8.55. The van der Waals surface area contributed by atoms with Crippen LogP contribution < -0.4 is 0 Å². The van der Waals surface area contributed by atoms with Gasteiger partial charge < -0.3 is 5.11 Å². The zero-order valence-electron chi connectivity index (χ0n) is 7.91. The van der Waals surface area contributed by atoms with Crippen molar-refractivity contribution in [1.82, 2.24) is 0 Å².